The Hall–Kier alpha value is -2.38. The first kappa shape index (κ1) is 36.6. The minimum Gasteiger partial charge on any atom is -0.480 e. The number of carboxylic acids is 1. The van der Waals surface area contributed by atoms with Crippen LogP contribution in [-0.2, 0) is 24.0 Å². The molecule has 0 aromatic heterocycles. The highest BCUT2D eigenvalue weighted by Gasteiger charge is 2.39. The van der Waals surface area contributed by atoms with Crippen molar-refractivity contribution >= 4 is 41.4 Å². The molecule has 1 aliphatic heterocycles. The van der Waals surface area contributed by atoms with Crippen molar-refractivity contribution in [1.29, 1.82) is 0 Å². The summed E-state index contributed by atoms with van der Waals surface area (Å²) in [7, 11) is 0. The maximum absolute atomic E-state index is 13.5. The van der Waals surface area contributed by atoms with Crippen molar-refractivity contribution in [2.24, 2.45) is 23.3 Å². The van der Waals surface area contributed by atoms with Gasteiger partial charge in [-0.3, -0.25) is 19.2 Å². The molecular weight excluding hydrogens is 548 g/mol. The average molecular weight is 601 g/mol. The minimum atomic E-state index is -1.15. The number of rotatable bonds is 19. The molecular formula is C28H52N6O6S. The zero-order valence-electron chi connectivity index (χ0n) is 25.3. The molecule has 0 radical (unpaired) electrons. The van der Waals surface area contributed by atoms with Gasteiger partial charge in [-0.2, -0.15) is 11.8 Å². The van der Waals surface area contributed by atoms with Gasteiger partial charge in [-0.25, -0.2) is 4.79 Å². The lowest BCUT2D eigenvalue weighted by molar-refractivity contribution is -0.143. The number of aliphatic carboxylic acids is 1. The molecule has 8 N–H and O–H groups in total. The lowest BCUT2D eigenvalue weighted by atomic mass is 9.97. The number of thioether (sulfide) groups is 1. The summed E-state index contributed by atoms with van der Waals surface area (Å²) in [6, 6.07) is -4.45. The van der Waals surface area contributed by atoms with Gasteiger partial charge in [0.15, 0.2) is 0 Å². The first-order chi connectivity index (χ1) is 19.4. The number of nitrogens with zero attached hydrogens (tertiary/aromatic N) is 1. The smallest absolute Gasteiger partial charge is 0.326 e. The molecule has 1 heterocycles. The second-order valence-corrected chi connectivity index (χ2v) is 12.0. The standard InChI is InChI=1S/C28H52N6O6S/c1-6-17(3)22(30)27(38)34-15-10-12-21(34)25(36)31-19(13-16-41-5)24(35)33-23(18(4)7-2)26(37)32-20(28(39)40)11-8-9-14-29/h17-23H,6-16,29-30H2,1-5H3,(H,31,36)(H,32,37)(H,33,35)(H,39,40). The van der Waals surface area contributed by atoms with Crippen LogP contribution in [0.15, 0.2) is 0 Å². The van der Waals surface area contributed by atoms with Gasteiger partial charge < -0.3 is 37.4 Å². The second kappa shape index (κ2) is 18.9. The van der Waals surface area contributed by atoms with Crippen LogP contribution >= 0.6 is 11.8 Å². The van der Waals surface area contributed by atoms with E-state index in [1.807, 2.05) is 27.0 Å². The summed E-state index contributed by atoms with van der Waals surface area (Å²) < 4.78 is 0. The SMILES string of the molecule is CCC(C)C(N)C(=O)N1CCCC1C(=O)NC(CCSC)C(=O)NC(C(=O)NC(CCCCN)C(=O)O)C(C)CC. The van der Waals surface area contributed by atoms with Crippen LogP contribution in [0.3, 0.4) is 0 Å². The topological polar surface area (TPSA) is 197 Å². The zero-order chi connectivity index (χ0) is 31.1. The average Bonchev–Trinajstić information content (AvgIpc) is 3.45. The van der Waals surface area contributed by atoms with Crippen LogP contribution < -0.4 is 27.4 Å². The summed E-state index contributed by atoms with van der Waals surface area (Å²) in [6.45, 7) is 8.38. The summed E-state index contributed by atoms with van der Waals surface area (Å²) in [5.41, 5.74) is 11.7. The first-order valence-electron chi connectivity index (χ1n) is 14.8. The van der Waals surface area contributed by atoms with Crippen molar-refractivity contribution in [3.05, 3.63) is 0 Å². The largest absolute Gasteiger partial charge is 0.480 e. The van der Waals surface area contributed by atoms with Crippen molar-refractivity contribution < 1.29 is 29.1 Å². The molecule has 0 aliphatic carbocycles. The predicted molar refractivity (Wildman–Crippen MR) is 161 cm³/mol. The van der Waals surface area contributed by atoms with Gasteiger partial charge in [0.1, 0.15) is 24.2 Å². The van der Waals surface area contributed by atoms with Crippen LogP contribution in [0.1, 0.15) is 79.1 Å². The third-order valence-electron chi connectivity index (χ3n) is 7.98. The van der Waals surface area contributed by atoms with E-state index in [1.165, 1.54) is 16.7 Å². The van der Waals surface area contributed by atoms with Crippen LogP contribution in [0.25, 0.3) is 0 Å². The molecule has 1 rings (SSSR count). The molecule has 12 nitrogen and oxygen atoms in total. The number of hydrogen-bond acceptors (Lipinski definition) is 8. The third-order valence-corrected chi connectivity index (χ3v) is 8.62. The molecule has 1 fully saturated rings. The van der Waals surface area contributed by atoms with E-state index in [2.05, 4.69) is 16.0 Å². The number of nitrogens with two attached hydrogens (primary N) is 2. The van der Waals surface area contributed by atoms with E-state index in [0.29, 0.717) is 57.4 Å². The van der Waals surface area contributed by atoms with E-state index < -0.39 is 53.9 Å². The molecule has 13 heteroatoms. The van der Waals surface area contributed by atoms with Gasteiger partial charge in [-0.15, -0.1) is 0 Å². The first-order valence-corrected chi connectivity index (χ1v) is 16.2. The Bertz CT molecular complexity index is 877. The lowest BCUT2D eigenvalue weighted by Gasteiger charge is -2.31. The van der Waals surface area contributed by atoms with E-state index in [-0.39, 0.29) is 24.2 Å². The van der Waals surface area contributed by atoms with Gasteiger partial charge in [0.2, 0.25) is 23.6 Å². The number of hydrogen-bond donors (Lipinski definition) is 6. The number of carbonyl (C=O) groups excluding carboxylic acids is 4. The van der Waals surface area contributed by atoms with Gasteiger partial charge in [0, 0.05) is 6.54 Å². The van der Waals surface area contributed by atoms with E-state index in [1.54, 1.807) is 6.92 Å². The predicted octanol–water partition coefficient (Wildman–Crippen LogP) is 0.818. The Morgan fingerprint density at radius 1 is 0.951 bits per heavy atom. The normalized spacial score (nSPS) is 19.4. The van der Waals surface area contributed by atoms with Gasteiger partial charge in [0.25, 0.3) is 0 Å². The van der Waals surface area contributed by atoms with E-state index in [4.69, 9.17) is 11.5 Å². The third kappa shape index (κ3) is 11.4. The molecule has 41 heavy (non-hydrogen) atoms. The van der Waals surface area contributed by atoms with Crippen LogP contribution in [0.4, 0.5) is 0 Å². The summed E-state index contributed by atoms with van der Waals surface area (Å²) in [4.78, 5) is 66.3. The van der Waals surface area contributed by atoms with Crippen LogP contribution in [0.2, 0.25) is 0 Å². The van der Waals surface area contributed by atoms with Gasteiger partial charge >= 0.3 is 5.97 Å². The monoisotopic (exact) mass is 600 g/mol. The van der Waals surface area contributed by atoms with Crippen molar-refractivity contribution in [1.82, 2.24) is 20.9 Å². The van der Waals surface area contributed by atoms with Gasteiger partial charge in [0.05, 0.1) is 6.04 Å². The number of likely N-dealkylation sites (tertiary alicyclic amines) is 1. The molecule has 0 saturated carbocycles. The van der Waals surface area contributed by atoms with Crippen LogP contribution in [0, 0.1) is 11.8 Å². The zero-order valence-corrected chi connectivity index (χ0v) is 26.1. The fourth-order valence-corrected chi connectivity index (χ4v) is 5.20. The Morgan fingerprint density at radius 2 is 1.61 bits per heavy atom. The van der Waals surface area contributed by atoms with Gasteiger partial charge in [-0.1, -0.05) is 40.5 Å². The molecule has 0 aromatic carbocycles. The summed E-state index contributed by atoms with van der Waals surface area (Å²) in [5, 5.41) is 17.7. The van der Waals surface area contributed by atoms with Gasteiger partial charge in [-0.05, 0) is 68.9 Å². The van der Waals surface area contributed by atoms with E-state index in [9.17, 15) is 29.1 Å². The summed E-state index contributed by atoms with van der Waals surface area (Å²) in [6.07, 6.45) is 6.03. The van der Waals surface area contributed by atoms with Crippen molar-refractivity contribution in [2.75, 3.05) is 25.1 Å². The molecule has 4 amide bonds. The molecule has 7 atom stereocenters. The molecule has 1 aliphatic rings. The fraction of sp³-hybridized carbons (Fsp3) is 0.821. The Morgan fingerprint density at radius 3 is 2.17 bits per heavy atom. The highest BCUT2D eigenvalue weighted by atomic mass is 32.2. The highest BCUT2D eigenvalue weighted by molar-refractivity contribution is 7.98. The van der Waals surface area contributed by atoms with Crippen molar-refractivity contribution in [2.45, 2.75) is 109 Å². The molecule has 0 bridgehead atoms. The molecule has 0 aromatic rings. The molecule has 0 spiro atoms. The van der Waals surface area contributed by atoms with Crippen molar-refractivity contribution in [3.63, 3.8) is 0 Å². The number of nitrogens with one attached hydrogen (secondary N) is 3. The van der Waals surface area contributed by atoms with Crippen molar-refractivity contribution in [3.8, 4) is 0 Å². The second-order valence-electron chi connectivity index (χ2n) is 11.0. The fourth-order valence-electron chi connectivity index (χ4n) is 4.73. The maximum Gasteiger partial charge on any atom is 0.326 e. The lowest BCUT2D eigenvalue weighted by Crippen LogP contribution is -2.59. The van der Waals surface area contributed by atoms with E-state index >= 15 is 0 Å². The highest BCUT2D eigenvalue weighted by Crippen LogP contribution is 2.21. The molecule has 236 valence electrons. The quantitative estimate of drug-likeness (QED) is 0.116. The Labute approximate surface area is 248 Å². The Kier molecular flexibility index (Phi) is 16.9. The van der Waals surface area contributed by atoms with Crippen LogP contribution in [0.5, 0.6) is 0 Å². The van der Waals surface area contributed by atoms with Crippen LogP contribution in [-0.4, -0.2) is 94.9 Å². The number of carboxylic acid groups (broad SMARTS) is 1. The number of carbonyl (C=O) groups is 5. The Balaban J connectivity index is 3.04. The maximum atomic E-state index is 13.5. The molecule has 1 saturated heterocycles. The number of amides is 4. The molecule has 7 unspecified atom stereocenters. The summed E-state index contributed by atoms with van der Waals surface area (Å²) >= 11 is 1.51. The van der Waals surface area contributed by atoms with E-state index in [0.717, 1.165) is 6.42 Å². The number of unbranched alkanes of at least 4 members (excludes halogenated alkanes) is 1. The summed E-state index contributed by atoms with van der Waals surface area (Å²) in [5.74, 6) is -2.72. The minimum absolute atomic E-state index is 0.0306.